The predicted octanol–water partition coefficient (Wildman–Crippen LogP) is 4.89. The fourth-order valence-electron chi connectivity index (χ4n) is 2.95. The molecule has 0 amide bonds. The van der Waals surface area contributed by atoms with Gasteiger partial charge in [0.05, 0.1) is 5.70 Å². The number of nitrogens with zero attached hydrogens (tertiary/aromatic N) is 1. The van der Waals surface area contributed by atoms with Crippen LogP contribution >= 0.6 is 0 Å². The third-order valence-corrected chi connectivity index (χ3v) is 4.76. The molecule has 0 fully saturated rings. The molecule has 0 spiro atoms. The van der Waals surface area contributed by atoms with Crippen molar-refractivity contribution in [3.63, 3.8) is 0 Å². The van der Waals surface area contributed by atoms with E-state index in [9.17, 15) is 4.79 Å². The second kappa shape index (κ2) is 9.95. The molecular weight excluding hydrogens is 396 g/mol. The summed E-state index contributed by atoms with van der Waals surface area (Å²) >= 11 is 0. The van der Waals surface area contributed by atoms with Gasteiger partial charge in [-0.15, -0.1) is 0 Å². The Hall–Kier alpha value is -3.58. The van der Waals surface area contributed by atoms with Gasteiger partial charge >= 0.3 is 5.97 Å². The first-order chi connectivity index (χ1) is 14.9. The van der Waals surface area contributed by atoms with Crippen molar-refractivity contribution in [2.24, 2.45) is 0 Å². The second-order valence-corrected chi connectivity index (χ2v) is 7.09. The molecule has 0 radical (unpaired) electrons. The molecule has 0 aliphatic heterocycles. The Bertz CT molecular complexity index is 1060. The third kappa shape index (κ3) is 5.52. The van der Waals surface area contributed by atoms with Crippen LogP contribution in [0, 0.1) is 13.8 Å². The number of benzene rings is 2. The minimum absolute atomic E-state index is 0.207. The molecule has 3 rings (SSSR count). The minimum Gasteiger partial charge on any atom is -0.479 e. The molecule has 1 atom stereocenters. The minimum atomic E-state index is -0.982. The lowest BCUT2D eigenvalue weighted by molar-refractivity contribution is -0.145. The maximum absolute atomic E-state index is 11.2. The Kier molecular flexibility index (Phi) is 7.10. The van der Waals surface area contributed by atoms with Crippen LogP contribution in [0.4, 0.5) is 0 Å². The van der Waals surface area contributed by atoms with E-state index in [2.05, 4.69) is 17.0 Å². The lowest BCUT2D eigenvalue weighted by Gasteiger charge is -2.16. The lowest BCUT2D eigenvalue weighted by atomic mass is 10.1. The Morgan fingerprint density at radius 2 is 1.97 bits per heavy atom. The summed E-state index contributed by atoms with van der Waals surface area (Å²) in [5, 5.41) is 9.17. The number of carboxylic acid groups (broad SMARTS) is 1. The van der Waals surface area contributed by atoms with Gasteiger partial charge in [0, 0.05) is 5.56 Å². The average molecular weight is 422 g/mol. The average Bonchev–Trinajstić information content (AvgIpc) is 3.13. The van der Waals surface area contributed by atoms with E-state index < -0.39 is 12.1 Å². The largest absolute Gasteiger partial charge is 0.479 e. The molecule has 7 heteroatoms. The second-order valence-electron chi connectivity index (χ2n) is 7.09. The summed E-state index contributed by atoms with van der Waals surface area (Å²) < 4.78 is 11.3. The number of aliphatic carboxylic acids is 1. The third-order valence-electron chi connectivity index (χ3n) is 4.76. The summed E-state index contributed by atoms with van der Waals surface area (Å²) in [4.78, 5) is 21.3. The van der Waals surface area contributed by atoms with Crippen molar-refractivity contribution in [3.8, 4) is 17.2 Å². The number of hydrogen-bond acceptors (Lipinski definition) is 6. The van der Waals surface area contributed by atoms with Crippen molar-refractivity contribution in [2.75, 3.05) is 0 Å². The summed E-state index contributed by atoms with van der Waals surface area (Å²) in [5.41, 5.74) is 6.59. The van der Waals surface area contributed by atoms with Gasteiger partial charge in [-0.1, -0.05) is 31.7 Å². The molecule has 0 saturated heterocycles. The van der Waals surface area contributed by atoms with E-state index in [-0.39, 0.29) is 6.61 Å². The highest BCUT2D eigenvalue weighted by atomic mass is 16.6. The fourth-order valence-corrected chi connectivity index (χ4v) is 2.95. The van der Waals surface area contributed by atoms with Crippen molar-refractivity contribution in [1.82, 2.24) is 10.5 Å². The van der Waals surface area contributed by atoms with E-state index >= 15 is 0 Å². The van der Waals surface area contributed by atoms with Crippen LogP contribution in [0.25, 0.3) is 17.2 Å². The van der Waals surface area contributed by atoms with Gasteiger partial charge < -0.3 is 14.3 Å². The zero-order valence-corrected chi connectivity index (χ0v) is 17.8. The lowest BCUT2D eigenvalue weighted by Crippen LogP contribution is -2.26. The first-order valence-electron chi connectivity index (χ1n) is 9.98. The first-order valence-corrected chi connectivity index (χ1v) is 9.98. The zero-order valence-electron chi connectivity index (χ0n) is 17.8. The Morgan fingerprint density at radius 3 is 2.61 bits per heavy atom. The maximum Gasteiger partial charge on any atom is 0.344 e. The Morgan fingerprint density at radius 1 is 1.23 bits per heavy atom. The van der Waals surface area contributed by atoms with Crippen LogP contribution in [0.3, 0.4) is 0 Å². The van der Waals surface area contributed by atoms with Gasteiger partial charge in [0.15, 0.2) is 6.10 Å². The van der Waals surface area contributed by atoms with E-state index in [1.165, 1.54) is 0 Å². The molecule has 0 bridgehead atoms. The van der Waals surface area contributed by atoms with Crippen LogP contribution in [-0.4, -0.2) is 22.2 Å². The van der Waals surface area contributed by atoms with Crippen molar-refractivity contribution in [2.45, 2.75) is 39.9 Å². The molecule has 7 nitrogen and oxygen atoms in total. The van der Waals surface area contributed by atoms with E-state index in [0.29, 0.717) is 35.2 Å². The number of hydroxylamine groups is 1. The van der Waals surface area contributed by atoms with Gasteiger partial charge in [0.25, 0.3) is 0 Å². The summed E-state index contributed by atoms with van der Waals surface area (Å²) in [7, 11) is 0. The van der Waals surface area contributed by atoms with Gasteiger partial charge in [0.2, 0.25) is 5.89 Å². The highest BCUT2D eigenvalue weighted by Crippen LogP contribution is 2.24. The fraction of sp³-hybridized carbons (Fsp3) is 0.250. The number of oxazole rings is 1. The van der Waals surface area contributed by atoms with Gasteiger partial charge in [0.1, 0.15) is 23.8 Å². The van der Waals surface area contributed by atoms with Gasteiger partial charge in [-0.2, -0.15) is 0 Å². The van der Waals surface area contributed by atoms with Crippen LogP contribution in [-0.2, 0) is 16.2 Å². The highest BCUT2D eigenvalue weighted by molar-refractivity contribution is 5.73. The number of aromatic nitrogens is 1. The molecule has 0 saturated carbocycles. The normalized spacial score (nSPS) is 11.7. The van der Waals surface area contributed by atoms with Crippen LogP contribution in [0.15, 0.2) is 59.5 Å². The molecule has 1 heterocycles. The predicted molar refractivity (Wildman–Crippen MR) is 117 cm³/mol. The number of carbonyl (C=O) groups is 1. The summed E-state index contributed by atoms with van der Waals surface area (Å²) in [6.45, 7) is 9.66. The topological polar surface area (TPSA) is 93.8 Å². The zero-order chi connectivity index (χ0) is 22.4. The molecule has 1 unspecified atom stereocenters. The summed E-state index contributed by atoms with van der Waals surface area (Å²) in [6.07, 6.45) is -0.493. The molecule has 2 aromatic carbocycles. The van der Waals surface area contributed by atoms with Crippen molar-refractivity contribution in [3.05, 3.63) is 77.7 Å². The van der Waals surface area contributed by atoms with Crippen molar-refractivity contribution < 1.29 is 23.9 Å². The number of ether oxygens (including phenoxy) is 1. The van der Waals surface area contributed by atoms with Crippen molar-refractivity contribution >= 4 is 11.7 Å². The highest BCUT2D eigenvalue weighted by Gasteiger charge is 2.18. The molecule has 2 N–H and O–H groups in total. The molecule has 162 valence electrons. The molecular formula is C24H26N2O5. The molecule has 1 aromatic heterocycles. The monoisotopic (exact) mass is 422 g/mol. The SMILES string of the molecule is C=C(NOCc1nc(-c2ccccc2)oc1C)c1ccc(OC(CC)C(=O)O)c(C)c1. The van der Waals surface area contributed by atoms with E-state index in [1.54, 1.807) is 19.1 Å². The first kappa shape index (κ1) is 22.1. The van der Waals surface area contributed by atoms with E-state index in [4.69, 9.17) is 19.1 Å². The smallest absolute Gasteiger partial charge is 0.344 e. The summed E-state index contributed by atoms with van der Waals surface area (Å²) in [6, 6.07) is 15.1. The van der Waals surface area contributed by atoms with Crippen LogP contribution in [0.5, 0.6) is 5.75 Å². The number of nitrogens with one attached hydrogen (secondary N) is 1. The van der Waals surface area contributed by atoms with Crippen LogP contribution < -0.4 is 10.2 Å². The van der Waals surface area contributed by atoms with Crippen LogP contribution in [0.1, 0.15) is 35.9 Å². The number of hydrogen-bond donors (Lipinski definition) is 2. The number of rotatable bonds is 10. The van der Waals surface area contributed by atoms with E-state index in [1.807, 2.05) is 50.2 Å². The summed E-state index contributed by atoms with van der Waals surface area (Å²) in [5.74, 6) is 0.781. The molecule has 0 aliphatic rings. The standard InChI is InChI=1S/C24H26N2O5/c1-5-21(24(27)28)31-22-12-11-19(13-15(22)2)16(3)26-29-14-20-17(4)30-23(25-20)18-9-7-6-8-10-18/h6-13,21,26H,3,5,14H2,1-2,4H3,(H,27,28). The molecule has 0 aliphatic carbocycles. The van der Waals surface area contributed by atoms with Gasteiger partial charge in [-0.3, -0.25) is 10.3 Å². The Balaban J connectivity index is 1.58. The quantitative estimate of drug-likeness (QED) is 0.449. The number of carboxylic acids is 1. The molecule has 31 heavy (non-hydrogen) atoms. The maximum atomic E-state index is 11.2. The number of aryl methyl sites for hydroxylation is 2. The van der Waals surface area contributed by atoms with Crippen molar-refractivity contribution in [1.29, 1.82) is 0 Å². The van der Waals surface area contributed by atoms with E-state index in [0.717, 1.165) is 16.7 Å². The van der Waals surface area contributed by atoms with Crippen LogP contribution in [0.2, 0.25) is 0 Å². The molecule has 3 aromatic rings. The van der Waals surface area contributed by atoms with Gasteiger partial charge in [-0.25, -0.2) is 9.78 Å². The van der Waals surface area contributed by atoms with Gasteiger partial charge in [-0.05, 0) is 61.7 Å². The Labute approximate surface area is 181 Å².